The summed E-state index contributed by atoms with van der Waals surface area (Å²) >= 11 is 0.327. The number of alkyl halides is 6. The van der Waals surface area contributed by atoms with Crippen molar-refractivity contribution >= 4 is 29.1 Å². The largest absolute Gasteiger partial charge is 0.481 e. The highest BCUT2D eigenvalue weighted by atomic mass is 32.1. The molecule has 0 bridgehead atoms. The molecule has 49 heavy (non-hydrogen) atoms. The Labute approximate surface area is 280 Å². The van der Waals surface area contributed by atoms with Crippen LogP contribution in [-0.2, 0) is 28.4 Å². The van der Waals surface area contributed by atoms with Gasteiger partial charge in [0.05, 0.1) is 17.6 Å². The molecule has 1 fully saturated rings. The van der Waals surface area contributed by atoms with Gasteiger partial charge in [0.2, 0.25) is 5.60 Å². The molecule has 2 aliphatic heterocycles. The minimum Gasteiger partial charge on any atom is -0.481 e. The normalized spacial score (nSPS) is 21.3. The van der Waals surface area contributed by atoms with Crippen LogP contribution in [0.1, 0.15) is 83.5 Å². The molecule has 2 aliphatic rings. The minimum atomic E-state index is -4.94. The van der Waals surface area contributed by atoms with Crippen molar-refractivity contribution in [3.8, 4) is 5.75 Å². The van der Waals surface area contributed by atoms with Crippen LogP contribution >= 0.6 is 11.3 Å². The molecule has 2 amide bonds. The number of aliphatic carboxylic acids is 1. The van der Waals surface area contributed by atoms with Gasteiger partial charge in [0.1, 0.15) is 22.1 Å². The number of hydrogen-bond donors (Lipinski definition) is 1. The summed E-state index contributed by atoms with van der Waals surface area (Å²) in [5, 5.41) is 10.6. The molecule has 0 aliphatic carbocycles. The maximum Gasteiger partial charge on any atom is 0.425 e. The van der Waals surface area contributed by atoms with Crippen molar-refractivity contribution in [2.45, 2.75) is 81.9 Å². The van der Waals surface area contributed by atoms with Crippen LogP contribution in [0.25, 0.3) is 0 Å². The molecule has 16 heteroatoms. The number of nitrogens with zero attached hydrogens (tertiary/aromatic N) is 3. The third kappa shape index (κ3) is 7.38. The monoisotopic (exact) mass is 715 g/mol. The molecule has 1 N–H and O–H groups in total. The maximum atomic E-state index is 15.1. The molecule has 0 saturated carbocycles. The predicted molar refractivity (Wildman–Crippen MR) is 162 cm³/mol. The number of piperidine rings is 1. The summed E-state index contributed by atoms with van der Waals surface area (Å²) in [6.45, 7) is 1.56. The summed E-state index contributed by atoms with van der Waals surface area (Å²) < 4.78 is 103. The number of ether oxygens (including phenoxy) is 1. The number of carboxylic acid groups (broad SMARTS) is 1. The fourth-order valence-electron chi connectivity index (χ4n) is 6.81. The van der Waals surface area contributed by atoms with E-state index < -0.39 is 69.8 Å². The van der Waals surface area contributed by atoms with Gasteiger partial charge in [0, 0.05) is 43.6 Å². The molecule has 264 valence electrons. The standard InChI is InChI=1S/C33H32F7N3O5S/c1-2-5-25-31(48-21-17-26(49-18-21)33(38,39)40,12-4-14-43(25)29(46)28-23(32(35,36)37)6-3-13-41-28)30(47)42-15-11-19-16-20(34)7-8-22(19)24(42)9-10-27(44)45/h3,6-8,13,16-18,24-25H,2,4-5,9-12,14-15H2,1H3,(H,44,45)/t24?,25-,31+/m1/s1. The summed E-state index contributed by atoms with van der Waals surface area (Å²) in [6.07, 6.45) is -8.77. The van der Waals surface area contributed by atoms with Gasteiger partial charge in [0.15, 0.2) is 0 Å². The van der Waals surface area contributed by atoms with E-state index in [9.17, 15) is 45.4 Å². The molecular formula is C33H32F7N3O5S. The lowest BCUT2D eigenvalue weighted by Crippen LogP contribution is -2.68. The molecular weight excluding hydrogens is 683 g/mol. The van der Waals surface area contributed by atoms with Gasteiger partial charge in [-0.3, -0.25) is 19.4 Å². The average molecular weight is 716 g/mol. The fourth-order valence-corrected chi connectivity index (χ4v) is 7.49. The van der Waals surface area contributed by atoms with E-state index in [2.05, 4.69) is 4.98 Å². The topological polar surface area (TPSA) is 100 Å². The molecule has 8 nitrogen and oxygen atoms in total. The molecule has 1 saturated heterocycles. The Bertz CT molecular complexity index is 1710. The number of hydrogen-bond acceptors (Lipinski definition) is 6. The summed E-state index contributed by atoms with van der Waals surface area (Å²) in [5.41, 5.74) is -3.27. The number of halogens is 7. The van der Waals surface area contributed by atoms with Crippen molar-refractivity contribution in [3.63, 3.8) is 0 Å². The molecule has 2 aromatic heterocycles. The highest BCUT2D eigenvalue weighted by Crippen LogP contribution is 2.45. The van der Waals surface area contributed by atoms with Crippen molar-refractivity contribution in [3.05, 3.63) is 81.1 Å². The van der Waals surface area contributed by atoms with E-state index >= 15 is 4.79 Å². The number of likely N-dealkylation sites (tertiary alicyclic amines) is 1. The van der Waals surface area contributed by atoms with Crippen molar-refractivity contribution in [2.24, 2.45) is 0 Å². The fraction of sp³-hybridized carbons (Fsp3) is 0.455. The van der Waals surface area contributed by atoms with Crippen LogP contribution in [0.2, 0.25) is 0 Å². The van der Waals surface area contributed by atoms with E-state index in [1.165, 1.54) is 23.1 Å². The van der Waals surface area contributed by atoms with E-state index in [4.69, 9.17) is 4.74 Å². The SMILES string of the molecule is CCC[C@H]1N(C(=O)c2ncccc2C(F)(F)F)CCC[C@@]1(Oc1csc(C(F)(F)F)c1)C(=O)N1CCc2cc(F)ccc2C1CCC(=O)O. The lowest BCUT2D eigenvalue weighted by molar-refractivity contribution is -0.163. The van der Waals surface area contributed by atoms with Crippen LogP contribution in [-0.4, -0.2) is 62.4 Å². The van der Waals surface area contributed by atoms with Gasteiger partial charge in [-0.15, -0.1) is 11.3 Å². The average Bonchev–Trinajstić information content (AvgIpc) is 3.52. The van der Waals surface area contributed by atoms with Gasteiger partial charge < -0.3 is 19.6 Å². The van der Waals surface area contributed by atoms with Gasteiger partial charge in [-0.25, -0.2) is 4.39 Å². The number of benzene rings is 1. The Balaban J connectivity index is 1.65. The molecule has 4 heterocycles. The molecule has 1 unspecified atom stereocenters. The molecule has 1 aromatic carbocycles. The van der Waals surface area contributed by atoms with Gasteiger partial charge in [-0.2, -0.15) is 26.3 Å². The van der Waals surface area contributed by atoms with E-state index in [0.29, 0.717) is 35.0 Å². The smallest absolute Gasteiger partial charge is 0.425 e. The number of carbonyl (C=O) groups excluding carboxylic acids is 2. The van der Waals surface area contributed by atoms with Crippen molar-refractivity contribution in [1.82, 2.24) is 14.8 Å². The first-order valence-corrected chi connectivity index (χ1v) is 16.4. The summed E-state index contributed by atoms with van der Waals surface area (Å²) in [7, 11) is 0. The second-order valence-corrected chi connectivity index (χ2v) is 12.9. The number of thiophene rings is 1. The molecule has 5 rings (SSSR count). The number of carboxylic acids is 1. The zero-order valence-electron chi connectivity index (χ0n) is 26.1. The summed E-state index contributed by atoms with van der Waals surface area (Å²) in [6, 6.07) is 4.18. The van der Waals surface area contributed by atoms with E-state index in [1.54, 1.807) is 6.92 Å². The first kappa shape index (κ1) is 36.1. The number of aromatic nitrogens is 1. The predicted octanol–water partition coefficient (Wildman–Crippen LogP) is 7.53. The van der Waals surface area contributed by atoms with Crippen LogP contribution in [0, 0.1) is 5.82 Å². The number of carbonyl (C=O) groups is 3. The molecule has 3 atom stereocenters. The van der Waals surface area contributed by atoms with Crippen molar-refractivity contribution in [2.75, 3.05) is 13.1 Å². The Morgan fingerprint density at radius 2 is 1.80 bits per heavy atom. The number of rotatable bonds is 9. The summed E-state index contributed by atoms with van der Waals surface area (Å²) in [5.74, 6) is -3.93. The van der Waals surface area contributed by atoms with Crippen molar-refractivity contribution in [1.29, 1.82) is 0 Å². The van der Waals surface area contributed by atoms with E-state index in [1.807, 2.05) is 0 Å². The van der Waals surface area contributed by atoms with Crippen LogP contribution < -0.4 is 4.74 Å². The first-order chi connectivity index (χ1) is 23.1. The Hall–Kier alpha value is -4.21. The van der Waals surface area contributed by atoms with Crippen LogP contribution in [0.4, 0.5) is 30.7 Å². The van der Waals surface area contributed by atoms with E-state index in [-0.39, 0.29) is 57.4 Å². The van der Waals surface area contributed by atoms with Gasteiger partial charge >= 0.3 is 18.3 Å². The van der Waals surface area contributed by atoms with Crippen LogP contribution in [0.15, 0.2) is 48.0 Å². The minimum absolute atomic E-state index is 0.0113. The first-order valence-electron chi connectivity index (χ1n) is 15.6. The third-order valence-electron chi connectivity index (χ3n) is 8.87. The maximum absolute atomic E-state index is 15.1. The molecule has 0 spiro atoms. The second kappa shape index (κ2) is 14.0. The highest BCUT2D eigenvalue weighted by Gasteiger charge is 2.57. The lowest BCUT2D eigenvalue weighted by atomic mass is 9.78. The van der Waals surface area contributed by atoms with Gasteiger partial charge in [-0.05, 0) is 61.1 Å². The zero-order valence-corrected chi connectivity index (χ0v) is 26.9. The quantitative estimate of drug-likeness (QED) is 0.230. The number of fused-ring (bicyclic) bond motifs is 1. The van der Waals surface area contributed by atoms with Crippen LogP contribution in [0.3, 0.4) is 0 Å². The Morgan fingerprint density at radius 1 is 1.04 bits per heavy atom. The van der Waals surface area contributed by atoms with E-state index in [0.717, 1.165) is 28.6 Å². The Kier molecular flexibility index (Phi) is 10.3. The third-order valence-corrected chi connectivity index (χ3v) is 9.83. The zero-order chi connectivity index (χ0) is 35.7. The van der Waals surface area contributed by atoms with Gasteiger partial charge in [-0.1, -0.05) is 19.4 Å². The van der Waals surface area contributed by atoms with Crippen LogP contribution in [0.5, 0.6) is 5.75 Å². The lowest BCUT2D eigenvalue weighted by Gasteiger charge is -2.51. The second-order valence-electron chi connectivity index (χ2n) is 12.0. The molecule has 3 aromatic rings. The number of amides is 2. The number of pyridine rings is 1. The Morgan fingerprint density at radius 3 is 2.45 bits per heavy atom. The summed E-state index contributed by atoms with van der Waals surface area (Å²) in [4.78, 5) is 45.9. The molecule has 0 radical (unpaired) electrons. The van der Waals surface area contributed by atoms with Crippen molar-refractivity contribution < 1.29 is 55.0 Å². The van der Waals surface area contributed by atoms with Gasteiger partial charge in [0.25, 0.3) is 11.8 Å². The highest BCUT2D eigenvalue weighted by molar-refractivity contribution is 7.10.